The molecule has 2 aliphatic rings. The molecule has 104 valence electrons. The molecule has 1 saturated carbocycles. The molecule has 0 aromatic carbocycles. The van der Waals surface area contributed by atoms with Crippen LogP contribution in [0.15, 0.2) is 4.99 Å². The van der Waals surface area contributed by atoms with Gasteiger partial charge in [0.2, 0.25) is 5.96 Å². The van der Waals surface area contributed by atoms with E-state index in [2.05, 4.69) is 29.2 Å². The molecule has 2 rings (SSSR count). The molecule has 0 radical (unpaired) electrons. The summed E-state index contributed by atoms with van der Waals surface area (Å²) in [5.74, 6) is 8.06. The first kappa shape index (κ1) is 13.7. The van der Waals surface area contributed by atoms with Gasteiger partial charge < -0.3 is 4.90 Å². The number of piperidine rings is 1. The van der Waals surface area contributed by atoms with Gasteiger partial charge in [0.15, 0.2) is 0 Å². The molecule has 4 nitrogen and oxygen atoms in total. The fraction of sp³-hybridized carbons (Fsp3) is 0.929. The third-order valence-electron chi connectivity index (χ3n) is 4.25. The number of rotatable bonds is 2. The normalized spacial score (nSPS) is 29.3. The van der Waals surface area contributed by atoms with Crippen LogP contribution in [-0.4, -0.2) is 30.0 Å². The summed E-state index contributed by atoms with van der Waals surface area (Å²) in [5.41, 5.74) is 2.84. The highest BCUT2D eigenvalue weighted by atomic mass is 15.4. The van der Waals surface area contributed by atoms with Crippen molar-refractivity contribution in [1.29, 1.82) is 0 Å². The fourth-order valence-electron chi connectivity index (χ4n) is 3.38. The first-order valence-electron chi connectivity index (χ1n) is 7.50. The number of likely N-dealkylation sites (tertiary alicyclic amines) is 1. The number of hydrogen-bond donors (Lipinski definition) is 2. The van der Waals surface area contributed by atoms with Crippen LogP contribution in [0.3, 0.4) is 0 Å². The van der Waals surface area contributed by atoms with Gasteiger partial charge in [-0.25, -0.2) is 5.84 Å². The monoisotopic (exact) mass is 252 g/mol. The first-order valence-corrected chi connectivity index (χ1v) is 7.50. The van der Waals surface area contributed by atoms with E-state index >= 15 is 0 Å². The second-order valence-corrected chi connectivity index (χ2v) is 6.15. The number of guanidine groups is 1. The zero-order chi connectivity index (χ0) is 13.0. The fourth-order valence-corrected chi connectivity index (χ4v) is 3.38. The molecule has 3 N–H and O–H groups in total. The van der Waals surface area contributed by atoms with Crippen molar-refractivity contribution in [1.82, 2.24) is 10.3 Å². The summed E-state index contributed by atoms with van der Waals surface area (Å²) in [6.45, 7) is 6.35. The SMILES string of the molecule is CC(C)CN=C(NN)N1CCC[C@H]2CCCC[C@H]21. The highest BCUT2D eigenvalue weighted by molar-refractivity contribution is 5.79. The number of fused-ring (bicyclic) bond motifs is 1. The van der Waals surface area contributed by atoms with Gasteiger partial charge in [0, 0.05) is 19.1 Å². The topological polar surface area (TPSA) is 53.6 Å². The van der Waals surface area contributed by atoms with E-state index < -0.39 is 0 Å². The van der Waals surface area contributed by atoms with Gasteiger partial charge in [0.1, 0.15) is 0 Å². The second-order valence-electron chi connectivity index (χ2n) is 6.15. The van der Waals surface area contributed by atoms with E-state index in [1.165, 1.54) is 38.5 Å². The van der Waals surface area contributed by atoms with Crippen LogP contribution in [0.2, 0.25) is 0 Å². The van der Waals surface area contributed by atoms with Crippen molar-refractivity contribution in [2.75, 3.05) is 13.1 Å². The van der Waals surface area contributed by atoms with Crippen LogP contribution in [0.25, 0.3) is 0 Å². The quantitative estimate of drug-likeness (QED) is 0.342. The summed E-state index contributed by atoms with van der Waals surface area (Å²) < 4.78 is 0. The van der Waals surface area contributed by atoms with E-state index in [1.807, 2.05) is 0 Å². The number of hydrazine groups is 1. The van der Waals surface area contributed by atoms with Crippen LogP contribution in [0.1, 0.15) is 52.4 Å². The lowest BCUT2D eigenvalue weighted by molar-refractivity contribution is 0.115. The Balaban J connectivity index is 2.05. The van der Waals surface area contributed by atoms with Gasteiger partial charge in [-0.3, -0.25) is 10.4 Å². The maximum absolute atomic E-state index is 5.69. The molecule has 1 aliphatic heterocycles. The zero-order valence-corrected chi connectivity index (χ0v) is 11.9. The third kappa shape index (κ3) is 3.16. The molecule has 1 aliphatic carbocycles. The molecule has 0 amide bonds. The number of aliphatic imine (C=N–C) groups is 1. The Bertz CT molecular complexity index is 286. The Hall–Kier alpha value is -0.770. The van der Waals surface area contributed by atoms with Crippen molar-refractivity contribution < 1.29 is 0 Å². The van der Waals surface area contributed by atoms with Crippen molar-refractivity contribution in [2.24, 2.45) is 22.7 Å². The van der Waals surface area contributed by atoms with Crippen molar-refractivity contribution in [3.63, 3.8) is 0 Å². The second kappa shape index (κ2) is 6.41. The average molecular weight is 252 g/mol. The zero-order valence-electron chi connectivity index (χ0n) is 11.9. The molecule has 1 saturated heterocycles. The summed E-state index contributed by atoms with van der Waals surface area (Å²) in [6.07, 6.45) is 8.15. The lowest BCUT2D eigenvalue weighted by Gasteiger charge is -2.45. The smallest absolute Gasteiger partial charge is 0.208 e. The molecule has 1 heterocycles. The van der Waals surface area contributed by atoms with E-state index in [-0.39, 0.29) is 0 Å². The molecule has 18 heavy (non-hydrogen) atoms. The molecule has 0 bridgehead atoms. The Labute approximate surface area is 111 Å². The Kier molecular flexibility index (Phi) is 4.87. The standard InChI is InChI=1S/C14H28N4/c1-11(2)10-16-14(17-15)18-9-5-7-12-6-3-4-8-13(12)18/h11-13H,3-10,15H2,1-2H3,(H,16,17)/t12-,13-/m1/s1. The number of nitrogens with zero attached hydrogens (tertiary/aromatic N) is 2. The Morgan fingerprint density at radius 2 is 2.00 bits per heavy atom. The largest absolute Gasteiger partial charge is 0.339 e. The minimum absolute atomic E-state index is 0.584. The summed E-state index contributed by atoms with van der Waals surface area (Å²) in [7, 11) is 0. The minimum atomic E-state index is 0.584. The maximum atomic E-state index is 5.69. The summed E-state index contributed by atoms with van der Waals surface area (Å²) in [4.78, 5) is 7.10. The maximum Gasteiger partial charge on any atom is 0.208 e. The molecule has 0 spiro atoms. The van der Waals surface area contributed by atoms with Gasteiger partial charge in [-0.05, 0) is 37.5 Å². The Morgan fingerprint density at radius 3 is 2.72 bits per heavy atom. The van der Waals surface area contributed by atoms with E-state index in [0.717, 1.165) is 25.0 Å². The van der Waals surface area contributed by atoms with Crippen molar-refractivity contribution in [3.05, 3.63) is 0 Å². The van der Waals surface area contributed by atoms with Crippen LogP contribution in [-0.2, 0) is 0 Å². The molecule has 0 aromatic heterocycles. The highest BCUT2D eigenvalue weighted by Crippen LogP contribution is 2.35. The van der Waals surface area contributed by atoms with Crippen molar-refractivity contribution in [2.45, 2.75) is 58.4 Å². The highest BCUT2D eigenvalue weighted by Gasteiger charge is 2.34. The van der Waals surface area contributed by atoms with Gasteiger partial charge in [-0.15, -0.1) is 0 Å². The van der Waals surface area contributed by atoms with Crippen LogP contribution >= 0.6 is 0 Å². The third-order valence-corrected chi connectivity index (χ3v) is 4.25. The molecule has 2 atom stereocenters. The van der Waals surface area contributed by atoms with E-state index in [0.29, 0.717) is 12.0 Å². The molecular weight excluding hydrogens is 224 g/mol. The predicted octanol–water partition coefficient (Wildman–Crippen LogP) is 2.12. The molecule has 4 heteroatoms. The van der Waals surface area contributed by atoms with Gasteiger partial charge in [0.25, 0.3) is 0 Å². The van der Waals surface area contributed by atoms with Crippen molar-refractivity contribution in [3.8, 4) is 0 Å². The lowest BCUT2D eigenvalue weighted by atomic mass is 9.78. The number of hydrogen-bond acceptors (Lipinski definition) is 2. The van der Waals surface area contributed by atoms with Gasteiger partial charge >= 0.3 is 0 Å². The van der Waals surface area contributed by atoms with E-state index in [9.17, 15) is 0 Å². The number of nitrogens with one attached hydrogen (secondary N) is 1. The first-order chi connectivity index (χ1) is 8.72. The van der Waals surface area contributed by atoms with Crippen LogP contribution in [0.5, 0.6) is 0 Å². The van der Waals surface area contributed by atoms with E-state index in [4.69, 9.17) is 5.84 Å². The van der Waals surface area contributed by atoms with Crippen molar-refractivity contribution >= 4 is 5.96 Å². The number of nitrogens with two attached hydrogens (primary N) is 1. The average Bonchev–Trinajstić information content (AvgIpc) is 2.39. The lowest BCUT2D eigenvalue weighted by Crippen LogP contribution is -2.55. The molecule has 0 aromatic rings. The van der Waals surface area contributed by atoms with E-state index in [1.54, 1.807) is 0 Å². The van der Waals surface area contributed by atoms with Crippen LogP contribution < -0.4 is 11.3 Å². The minimum Gasteiger partial charge on any atom is -0.339 e. The predicted molar refractivity (Wildman–Crippen MR) is 76.1 cm³/mol. The molecule has 0 unspecified atom stereocenters. The molecular formula is C14H28N4. The van der Waals surface area contributed by atoms with Crippen LogP contribution in [0, 0.1) is 11.8 Å². The van der Waals surface area contributed by atoms with Gasteiger partial charge in [-0.2, -0.15) is 0 Å². The molecule has 2 fully saturated rings. The summed E-state index contributed by atoms with van der Waals surface area (Å²) >= 11 is 0. The van der Waals surface area contributed by atoms with Gasteiger partial charge in [-0.1, -0.05) is 26.7 Å². The van der Waals surface area contributed by atoms with Crippen LogP contribution in [0.4, 0.5) is 0 Å². The summed E-state index contributed by atoms with van der Waals surface area (Å²) in [5, 5.41) is 0. The Morgan fingerprint density at radius 1 is 1.28 bits per heavy atom. The van der Waals surface area contributed by atoms with Gasteiger partial charge in [0.05, 0.1) is 0 Å². The summed E-state index contributed by atoms with van der Waals surface area (Å²) in [6, 6.07) is 0.675.